The summed E-state index contributed by atoms with van der Waals surface area (Å²) in [6.07, 6.45) is 8.72. The molecule has 8 nitrogen and oxygen atoms in total. The van der Waals surface area contributed by atoms with Crippen molar-refractivity contribution >= 4 is 42.3 Å². The number of carbonyl (C=O) groups is 2. The molecule has 2 amide bonds. The van der Waals surface area contributed by atoms with Gasteiger partial charge in [-0.25, -0.2) is 0 Å². The van der Waals surface area contributed by atoms with Gasteiger partial charge in [0.15, 0.2) is 0 Å². The van der Waals surface area contributed by atoms with Gasteiger partial charge in [-0.15, -0.1) is 24.8 Å². The van der Waals surface area contributed by atoms with E-state index in [1.165, 1.54) is 0 Å². The van der Waals surface area contributed by atoms with Crippen molar-refractivity contribution in [3.8, 4) is 0 Å². The van der Waals surface area contributed by atoms with Crippen LogP contribution in [-0.4, -0.2) is 71.3 Å². The molecule has 29 heavy (non-hydrogen) atoms. The molecular formula is C19H32Cl2N6O2. The van der Waals surface area contributed by atoms with Gasteiger partial charge >= 0.3 is 0 Å². The summed E-state index contributed by atoms with van der Waals surface area (Å²) in [5, 5.41) is 10.5. The van der Waals surface area contributed by atoms with Crippen LogP contribution in [0.2, 0.25) is 0 Å². The molecule has 164 valence electrons. The topological polar surface area (TPSA) is 82.5 Å². The van der Waals surface area contributed by atoms with Crippen LogP contribution >= 0.6 is 24.8 Å². The molecule has 3 aliphatic rings. The summed E-state index contributed by atoms with van der Waals surface area (Å²) in [6.45, 7) is 4.25. The van der Waals surface area contributed by atoms with Gasteiger partial charge in [0.1, 0.15) is 0 Å². The Morgan fingerprint density at radius 1 is 1.24 bits per heavy atom. The molecule has 1 aromatic heterocycles. The van der Waals surface area contributed by atoms with Gasteiger partial charge in [0.05, 0.1) is 24.0 Å². The first kappa shape index (κ1) is 23.9. The SMILES string of the molecule is Cl.Cl.Cn1cc(N2CCC(N3CCCC(CNC(=O)C4CCCN4)C3)C2=O)cn1. The maximum Gasteiger partial charge on any atom is 0.244 e. The summed E-state index contributed by atoms with van der Waals surface area (Å²) in [5.74, 6) is 0.733. The predicted octanol–water partition coefficient (Wildman–Crippen LogP) is 0.949. The van der Waals surface area contributed by atoms with Gasteiger partial charge in [0.2, 0.25) is 11.8 Å². The Morgan fingerprint density at radius 2 is 2.07 bits per heavy atom. The molecular weight excluding hydrogens is 415 g/mol. The third-order valence-electron chi connectivity index (χ3n) is 6.11. The van der Waals surface area contributed by atoms with Crippen molar-refractivity contribution in [2.24, 2.45) is 13.0 Å². The first-order valence-corrected chi connectivity index (χ1v) is 10.2. The summed E-state index contributed by atoms with van der Waals surface area (Å²) >= 11 is 0. The molecule has 1 aromatic rings. The zero-order valence-electron chi connectivity index (χ0n) is 16.9. The van der Waals surface area contributed by atoms with Gasteiger partial charge in [-0.3, -0.25) is 19.2 Å². The second-order valence-electron chi connectivity index (χ2n) is 8.06. The van der Waals surface area contributed by atoms with Crippen molar-refractivity contribution in [1.29, 1.82) is 0 Å². The number of nitrogens with one attached hydrogen (secondary N) is 2. The normalized spacial score (nSPS) is 27.4. The first-order valence-electron chi connectivity index (χ1n) is 10.2. The lowest BCUT2D eigenvalue weighted by Gasteiger charge is -2.36. The minimum Gasteiger partial charge on any atom is -0.354 e. The zero-order valence-corrected chi connectivity index (χ0v) is 18.5. The summed E-state index contributed by atoms with van der Waals surface area (Å²) in [5.41, 5.74) is 0.884. The fraction of sp³-hybridized carbons (Fsp3) is 0.737. The molecule has 10 heteroatoms. The molecule has 3 fully saturated rings. The standard InChI is InChI=1S/C19H30N6O2.2ClH/c1-23-13-15(11-22-23)25-9-6-17(19(25)27)24-8-3-4-14(12-24)10-21-18(26)16-5-2-7-20-16;;/h11,13-14,16-17,20H,2-10,12H2,1H3,(H,21,26);2*1H. The highest BCUT2D eigenvalue weighted by molar-refractivity contribution is 5.99. The molecule has 0 bridgehead atoms. The molecule has 3 aliphatic heterocycles. The highest BCUT2D eigenvalue weighted by Crippen LogP contribution is 2.27. The number of anilines is 1. The summed E-state index contributed by atoms with van der Waals surface area (Å²) in [7, 11) is 1.87. The van der Waals surface area contributed by atoms with Crippen molar-refractivity contribution in [2.75, 3.05) is 37.6 Å². The van der Waals surface area contributed by atoms with Crippen LogP contribution in [0.5, 0.6) is 0 Å². The van der Waals surface area contributed by atoms with Crippen LogP contribution in [0, 0.1) is 5.92 Å². The monoisotopic (exact) mass is 446 g/mol. The second kappa shape index (κ2) is 10.6. The number of carbonyl (C=O) groups excluding carboxylic acids is 2. The lowest BCUT2D eigenvalue weighted by Crippen LogP contribution is -2.49. The molecule has 4 heterocycles. The second-order valence-corrected chi connectivity index (χ2v) is 8.06. The minimum absolute atomic E-state index is 0. The van der Waals surface area contributed by atoms with E-state index >= 15 is 0 Å². The molecule has 0 aromatic carbocycles. The van der Waals surface area contributed by atoms with Crippen LogP contribution in [0.15, 0.2) is 12.4 Å². The van der Waals surface area contributed by atoms with Crippen LogP contribution in [0.3, 0.4) is 0 Å². The predicted molar refractivity (Wildman–Crippen MR) is 117 cm³/mol. The molecule has 4 rings (SSSR count). The van der Waals surface area contributed by atoms with E-state index in [2.05, 4.69) is 20.6 Å². The van der Waals surface area contributed by atoms with E-state index in [9.17, 15) is 9.59 Å². The average molecular weight is 447 g/mol. The van der Waals surface area contributed by atoms with Crippen molar-refractivity contribution in [2.45, 2.75) is 44.2 Å². The smallest absolute Gasteiger partial charge is 0.244 e. The largest absolute Gasteiger partial charge is 0.354 e. The molecule has 3 saturated heterocycles. The number of likely N-dealkylation sites (tertiary alicyclic amines) is 1. The van der Waals surface area contributed by atoms with Crippen molar-refractivity contribution < 1.29 is 9.59 Å². The van der Waals surface area contributed by atoms with Crippen molar-refractivity contribution in [3.05, 3.63) is 12.4 Å². The minimum atomic E-state index is -0.0415. The fourth-order valence-electron chi connectivity index (χ4n) is 4.63. The van der Waals surface area contributed by atoms with Gasteiger partial charge in [0.25, 0.3) is 0 Å². The van der Waals surface area contributed by atoms with E-state index in [1.54, 1.807) is 10.9 Å². The number of hydrogen-bond acceptors (Lipinski definition) is 5. The number of aryl methyl sites for hydroxylation is 1. The Morgan fingerprint density at radius 3 is 2.76 bits per heavy atom. The lowest BCUT2D eigenvalue weighted by atomic mass is 9.96. The molecule has 0 saturated carbocycles. The number of rotatable bonds is 5. The Bertz CT molecular complexity index is 694. The Hall–Kier alpha value is -1.35. The Labute approximate surface area is 184 Å². The van der Waals surface area contributed by atoms with E-state index in [0.717, 1.165) is 64.0 Å². The van der Waals surface area contributed by atoms with Crippen molar-refractivity contribution in [3.63, 3.8) is 0 Å². The number of nitrogens with zero attached hydrogens (tertiary/aromatic N) is 4. The number of hydrogen-bond donors (Lipinski definition) is 2. The number of aromatic nitrogens is 2. The molecule has 0 aliphatic carbocycles. The Kier molecular flexibility index (Phi) is 8.75. The molecule has 0 radical (unpaired) electrons. The first-order chi connectivity index (χ1) is 13.1. The van der Waals surface area contributed by atoms with E-state index in [1.807, 2.05) is 18.1 Å². The third-order valence-corrected chi connectivity index (χ3v) is 6.11. The van der Waals surface area contributed by atoms with E-state index in [4.69, 9.17) is 0 Å². The number of amides is 2. The highest BCUT2D eigenvalue weighted by atomic mass is 35.5. The van der Waals surface area contributed by atoms with Crippen LogP contribution in [0.4, 0.5) is 5.69 Å². The van der Waals surface area contributed by atoms with E-state index in [-0.39, 0.29) is 48.7 Å². The van der Waals surface area contributed by atoms with Gasteiger partial charge in [-0.05, 0) is 51.1 Å². The van der Waals surface area contributed by atoms with Crippen LogP contribution in [-0.2, 0) is 16.6 Å². The van der Waals surface area contributed by atoms with Gasteiger partial charge in [-0.1, -0.05) is 0 Å². The number of piperidine rings is 1. The lowest BCUT2D eigenvalue weighted by molar-refractivity contribution is -0.124. The molecule has 2 N–H and O–H groups in total. The third kappa shape index (κ3) is 5.42. The van der Waals surface area contributed by atoms with Crippen LogP contribution in [0.25, 0.3) is 0 Å². The molecule has 0 spiro atoms. The summed E-state index contributed by atoms with van der Waals surface area (Å²) < 4.78 is 1.73. The maximum atomic E-state index is 12.9. The average Bonchev–Trinajstić information content (AvgIpc) is 3.41. The van der Waals surface area contributed by atoms with Gasteiger partial charge in [-0.2, -0.15) is 5.10 Å². The fourth-order valence-corrected chi connectivity index (χ4v) is 4.63. The Balaban J connectivity index is 0.00000150. The maximum absolute atomic E-state index is 12.9. The quantitative estimate of drug-likeness (QED) is 0.703. The highest BCUT2D eigenvalue weighted by Gasteiger charge is 2.38. The summed E-state index contributed by atoms with van der Waals surface area (Å²) in [4.78, 5) is 29.3. The van der Waals surface area contributed by atoms with E-state index in [0.29, 0.717) is 12.5 Å². The van der Waals surface area contributed by atoms with Crippen molar-refractivity contribution in [1.82, 2.24) is 25.3 Å². The summed E-state index contributed by atoms with van der Waals surface area (Å²) in [6, 6.07) is -0.0608. The van der Waals surface area contributed by atoms with Crippen LogP contribution < -0.4 is 15.5 Å². The number of halogens is 2. The van der Waals surface area contributed by atoms with Crippen LogP contribution in [0.1, 0.15) is 32.1 Å². The molecule has 3 unspecified atom stereocenters. The van der Waals surface area contributed by atoms with Gasteiger partial charge < -0.3 is 15.5 Å². The van der Waals surface area contributed by atoms with Gasteiger partial charge in [0, 0.05) is 32.9 Å². The van der Waals surface area contributed by atoms with E-state index < -0.39 is 0 Å². The zero-order chi connectivity index (χ0) is 18.8. The molecule has 3 atom stereocenters.